The molecule has 1 nitrogen and oxygen atoms in total. The van der Waals surface area contributed by atoms with Gasteiger partial charge in [-0.05, 0) is 66.6 Å². The molecule has 1 aromatic carbocycles. The third kappa shape index (κ3) is 3.47. The third-order valence-corrected chi connectivity index (χ3v) is 4.73. The van der Waals surface area contributed by atoms with Crippen LogP contribution in [0.2, 0.25) is 0 Å². The van der Waals surface area contributed by atoms with Crippen LogP contribution in [0.1, 0.15) is 41.5 Å². The van der Waals surface area contributed by atoms with Gasteiger partial charge in [0.1, 0.15) is 5.82 Å². The smallest absolute Gasteiger partial charge is 0.123 e. The molecule has 1 aromatic heterocycles. The van der Waals surface area contributed by atoms with E-state index < -0.39 is 0 Å². The maximum absolute atomic E-state index is 13.2. The van der Waals surface area contributed by atoms with Gasteiger partial charge >= 0.3 is 0 Å². The summed E-state index contributed by atoms with van der Waals surface area (Å²) in [5, 5.41) is 5.73. The first-order chi connectivity index (χ1) is 9.65. The topological polar surface area (TPSA) is 12.0 Å². The lowest BCUT2D eigenvalue weighted by atomic mass is 9.98. The minimum Gasteiger partial charge on any atom is -0.309 e. The molecule has 1 N–H and O–H groups in total. The number of benzene rings is 1. The molecule has 1 atom stereocenters. The van der Waals surface area contributed by atoms with Crippen molar-refractivity contribution < 1.29 is 4.39 Å². The molecule has 1 heterocycles. The molecule has 0 radical (unpaired) electrons. The minimum absolute atomic E-state index is 0.156. The number of halogens is 1. The molecule has 2 aromatic rings. The van der Waals surface area contributed by atoms with Gasteiger partial charge in [0.2, 0.25) is 0 Å². The zero-order chi connectivity index (χ0) is 14.5. The summed E-state index contributed by atoms with van der Waals surface area (Å²) < 4.78 is 13.2. The van der Waals surface area contributed by atoms with Crippen molar-refractivity contribution in [2.24, 2.45) is 0 Å². The Kier molecular flexibility index (Phi) is 5.32. The van der Waals surface area contributed by atoms with Gasteiger partial charge in [0.05, 0.1) is 0 Å². The van der Waals surface area contributed by atoms with Crippen LogP contribution < -0.4 is 5.32 Å². The fraction of sp³-hybridized carbons (Fsp3) is 0.412. The summed E-state index contributed by atoms with van der Waals surface area (Å²) in [6.45, 7) is 7.24. The zero-order valence-corrected chi connectivity index (χ0v) is 13.2. The van der Waals surface area contributed by atoms with Crippen molar-refractivity contribution >= 4 is 11.3 Å². The Morgan fingerprint density at radius 2 is 2.00 bits per heavy atom. The summed E-state index contributed by atoms with van der Waals surface area (Å²) in [4.78, 5) is 1.41. The Labute approximate surface area is 124 Å². The monoisotopic (exact) mass is 291 g/mol. The first-order valence-corrected chi connectivity index (χ1v) is 8.08. The lowest BCUT2D eigenvalue weighted by molar-refractivity contribution is 0.552. The van der Waals surface area contributed by atoms with Crippen LogP contribution in [0.25, 0.3) is 0 Å². The largest absolute Gasteiger partial charge is 0.309 e. The first-order valence-electron chi connectivity index (χ1n) is 7.20. The Morgan fingerprint density at radius 1 is 1.20 bits per heavy atom. The van der Waals surface area contributed by atoms with Gasteiger partial charge in [-0.15, -0.1) is 11.3 Å². The fourth-order valence-electron chi connectivity index (χ4n) is 2.56. The Balaban J connectivity index is 2.25. The second-order valence-corrected chi connectivity index (χ2v) is 6.00. The van der Waals surface area contributed by atoms with Crippen LogP contribution in [0.5, 0.6) is 0 Å². The van der Waals surface area contributed by atoms with Crippen molar-refractivity contribution in [1.29, 1.82) is 0 Å². The molecule has 0 saturated heterocycles. The second-order valence-electron chi connectivity index (χ2n) is 5.05. The maximum Gasteiger partial charge on any atom is 0.123 e. The summed E-state index contributed by atoms with van der Waals surface area (Å²) >= 11 is 1.81. The summed E-state index contributed by atoms with van der Waals surface area (Å²) in [6, 6.07) is 7.61. The van der Waals surface area contributed by atoms with E-state index in [4.69, 9.17) is 0 Å². The predicted molar refractivity (Wildman–Crippen MR) is 85.0 cm³/mol. The van der Waals surface area contributed by atoms with Gasteiger partial charge in [0.25, 0.3) is 0 Å². The highest BCUT2D eigenvalue weighted by Crippen LogP contribution is 2.28. The molecule has 1 unspecified atom stereocenters. The number of nitrogens with one attached hydrogen (secondary N) is 1. The predicted octanol–water partition coefficient (Wildman–Crippen LogP) is 4.65. The van der Waals surface area contributed by atoms with Gasteiger partial charge in [-0.3, -0.25) is 0 Å². The highest BCUT2D eigenvalue weighted by Gasteiger charge is 2.17. The van der Waals surface area contributed by atoms with Crippen molar-refractivity contribution in [3.63, 3.8) is 0 Å². The molecule has 0 saturated carbocycles. The van der Waals surface area contributed by atoms with Crippen LogP contribution in [-0.4, -0.2) is 6.54 Å². The molecule has 108 valence electrons. The maximum atomic E-state index is 13.2. The van der Waals surface area contributed by atoms with E-state index in [9.17, 15) is 4.39 Å². The molecule has 2 rings (SSSR count). The van der Waals surface area contributed by atoms with E-state index in [1.165, 1.54) is 16.0 Å². The third-order valence-electron chi connectivity index (χ3n) is 3.66. The van der Waals surface area contributed by atoms with E-state index in [1.54, 1.807) is 12.1 Å². The molecule has 20 heavy (non-hydrogen) atoms. The van der Waals surface area contributed by atoms with Gasteiger partial charge in [0, 0.05) is 10.9 Å². The molecular formula is C17H22FNS. The minimum atomic E-state index is -0.156. The van der Waals surface area contributed by atoms with Gasteiger partial charge < -0.3 is 5.32 Å². The van der Waals surface area contributed by atoms with Gasteiger partial charge in [0.15, 0.2) is 0 Å². The van der Waals surface area contributed by atoms with Crippen LogP contribution in [-0.2, 0) is 12.8 Å². The van der Waals surface area contributed by atoms with Crippen molar-refractivity contribution in [3.8, 4) is 0 Å². The van der Waals surface area contributed by atoms with E-state index in [0.29, 0.717) is 6.04 Å². The van der Waals surface area contributed by atoms with Crippen molar-refractivity contribution in [2.45, 2.75) is 39.7 Å². The Bertz CT molecular complexity index is 562. The molecule has 0 aliphatic rings. The number of hydrogen-bond donors (Lipinski definition) is 1. The van der Waals surface area contributed by atoms with Crippen LogP contribution in [0, 0.1) is 12.7 Å². The summed E-state index contributed by atoms with van der Waals surface area (Å²) in [6.07, 6.45) is 1.97. The summed E-state index contributed by atoms with van der Waals surface area (Å²) in [7, 11) is 0. The number of rotatable bonds is 6. The van der Waals surface area contributed by atoms with E-state index in [-0.39, 0.29) is 5.82 Å². The van der Waals surface area contributed by atoms with Crippen molar-refractivity contribution in [1.82, 2.24) is 5.32 Å². The second kappa shape index (κ2) is 7.00. The highest BCUT2D eigenvalue weighted by molar-refractivity contribution is 7.10. The molecule has 0 bridgehead atoms. The lowest BCUT2D eigenvalue weighted by Gasteiger charge is -2.19. The summed E-state index contributed by atoms with van der Waals surface area (Å²) in [5.41, 5.74) is 3.66. The van der Waals surface area contributed by atoms with E-state index >= 15 is 0 Å². The SMILES string of the molecule is CCNC(Cc1ccc(F)cc1C)c1sccc1CC. The van der Waals surface area contributed by atoms with Crippen LogP contribution >= 0.6 is 11.3 Å². The normalized spacial score (nSPS) is 12.6. The van der Waals surface area contributed by atoms with Crippen molar-refractivity contribution in [2.75, 3.05) is 6.54 Å². The lowest BCUT2D eigenvalue weighted by Crippen LogP contribution is -2.23. The number of aryl methyl sites for hydroxylation is 2. The van der Waals surface area contributed by atoms with Gasteiger partial charge in [-0.2, -0.15) is 0 Å². The van der Waals surface area contributed by atoms with Crippen LogP contribution in [0.15, 0.2) is 29.6 Å². The molecule has 0 aliphatic carbocycles. The highest BCUT2D eigenvalue weighted by atomic mass is 32.1. The standard InChI is InChI=1S/C17H22FNS/c1-4-13-8-9-20-17(13)16(19-5-2)11-14-6-7-15(18)10-12(14)3/h6-10,16,19H,4-5,11H2,1-3H3. The van der Waals surface area contributed by atoms with E-state index in [0.717, 1.165) is 24.9 Å². The molecule has 0 fully saturated rings. The van der Waals surface area contributed by atoms with Crippen LogP contribution in [0.3, 0.4) is 0 Å². The quantitative estimate of drug-likeness (QED) is 0.817. The molecular weight excluding hydrogens is 269 g/mol. The number of likely N-dealkylation sites (N-methyl/N-ethyl adjacent to an activating group) is 1. The van der Waals surface area contributed by atoms with E-state index in [2.05, 4.69) is 30.6 Å². The van der Waals surface area contributed by atoms with Gasteiger partial charge in [-0.25, -0.2) is 4.39 Å². The van der Waals surface area contributed by atoms with Crippen molar-refractivity contribution in [3.05, 3.63) is 57.0 Å². The average molecular weight is 291 g/mol. The summed E-state index contributed by atoms with van der Waals surface area (Å²) in [5.74, 6) is -0.156. The Morgan fingerprint density at radius 3 is 2.65 bits per heavy atom. The average Bonchev–Trinajstić information content (AvgIpc) is 2.89. The molecule has 0 spiro atoms. The number of thiophene rings is 1. The zero-order valence-electron chi connectivity index (χ0n) is 12.4. The van der Waals surface area contributed by atoms with E-state index in [1.807, 2.05) is 24.3 Å². The van der Waals surface area contributed by atoms with Gasteiger partial charge in [-0.1, -0.05) is 19.9 Å². The molecule has 0 amide bonds. The fourth-order valence-corrected chi connectivity index (χ4v) is 3.63. The first kappa shape index (κ1) is 15.2. The number of hydrogen-bond acceptors (Lipinski definition) is 2. The molecule has 3 heteroatoms. The molecule has 0 aliphatic heterocycles. The van der Waals surface area contributed by atoms with Crippen LogP contribution in [0.4, 0.5) is 4.39 Å². The Hall–Kier alpha value is -1.19.